The fourth-order valence-electron chi connectivity index (χ4n) is 2.08. The van der Waals surface area contributed by atoms with Gasteiger partial charge in [-0.05, 0) is 24.5 Å². The van der Waals surface area contributed by atoms with Gasteiger partial charge in [-0.3, -0.25) is 0 Å². The van der Waals surface area contributed by atoms with Crippen molar-refractivity contribution in [3.05, 3.63) is 44.6 Å². The number of aromatic nitrogens is 1. The number of thioether (sulfide) groups is 1. The predicted octanol–water partition coefficient (Wildman–Crippen LogP) is 6.43. The Morgan fingerprint density at radius 1 is 1.32 bits per heavy atom. The van der Waals surface area contributed by atoms with E-state index in [1.807, 2.05) is 17.7 Å². The number of carbonyl (C=O) groups is 1. The first kappa shape index (κ1) is 18.5. The summed E-state index contributed by atoms with van der Waals surface area (Å²) in [6.07, 6.45) is 1.96. The van der Waals surface area contributed by atoms with E-state index in [0.717, 1.165) is 15.5 Å². The van der Waals surface area contributed by atoms with Crippen molar-refractivity contribution in [3.8, 4) is 11.3 Å². The molecule has 0 amide bonds. The molecule has 0 atom stereocenters. The Hall–Kier alpha value is -1.25. The monoisotopic (exact) mass is 430 g/mol. The van der Waals surface area contributed by atoms with Gasteiger partial charge in [0.2, 0.25) is 0 Å². The number of nitrogens with zero attached hydrogens (tertiary/aromatic N) is 1. The fraction of sp³-hybridized carbons (Fsp3) is 0.125. The number of esters is 1. The van der Waals surface area contributed by atoms with Crippen LogP contribution in [0, 0.1) is 0 Å². The number of thiophene rings is 1. The maximum Gasteiger partial charge on any atom is 0.348 e. The summed E-state index contributed by atoms with van der Waals surface area (Å²) in [7, 11) is 1.37. The van der Waals surface area contributed by atoms with Gasteiger partial charge in [-0.1, -0.05) is 29.3 Å². The molecule has 0 radical (unpaired) electrons. The van der Waals surface area contributed by atoms with E-state index in [1.54, 1.807) is 30.0 Å². The highest BCUT2D eigenvalue weighted by atomic mass is 35.5. The summed E-state index contributed by atoms with van der Waals surface area (Å²) >= 11 is 16.8. The first-order valence-corrected chi connectivity index (χ1v) is 10.6. The molecule has 2 aromatic heterocycles. The SMILES string of the molecule is COC(=O)c1cc(-c2csc(Nc3c(Cl)cccc3Cl)n2)c(SC)s1. The molecule has 1 aromatic carbocycles. The molecule has 4 nitrogen and oxygen atoms in total. The average molecular weight is 431 g/mol. The first-order chi connectivity index (χ1) is 12.0. The maximum atomic E-state index is 11.8. The molecule has 0 aliphatic carbocycles. The molecule has 0 fully saturated rings. The summed E-state index contributed by atoms with van der Waals surface area (Å²) in [6.45, 7) is 0. The van der Waals surface area contributed by atoms with Crippen molar-refractivity contribution >= 4 is 74.4 Å². The Balaban J connectivity index is 1.91. The van der Waals surface area contributed by atoms with Gasteiger partial charge in [-0.2, -0.15) is 0 Å². The summed E-state index contributed by atoms with van der Waals surface area (Å²) in [6, 6.07) is 7.12. The van der Waals surface area contributed by atoms with Gasteiger partial charge in [-0.15, -0.1) is 34.4 Å². The lowest BCUT2D eigenvalue weighted by Gasteiger charge is -2.06. The van der Waals surface area contributed by atoms with E-state index in [-0.39, 0.29) is 5.97 Å². The molecule has 0 aliphatic rings. The molecule has 0 aliphatic heterocycles. The van der Waals surface area contributed by atoms with Gasteiger partial charge in [-0.25, -0.2) is 9.78 Å². The van der Waals surface area contributed by atoms with Crippen LogP contribution in [0.3, 0.4) is 0 Å². The molecule has 0 bridgehead atoms. The summed E-state index contributed by atoms with van der Waals surface area (Å²) in [4.78, 5) is 16.9. The summed E-state index contributed by atoms with van der Waals surface area (Å²) in [5, 5.41) is 6.80. The molecular formula is C16H12Cl2N2O2S3. The molecule has 0 spiro atoms. The highest BCUT2D eigenvalue weighted by Crippen LogP contribution is 2.40. The number of rotatable bonds is 5. The van der Waals surface area contributed by atoms with Gasteiger partial charge in [0.15, 0.2) is 5.13 Å². The van der Waals surface area contributed by atoms with Crippen LogP contribution in [-0.2, 0) is 4.74 Å². The smallest absolute Gasteiger partial charge is 0.348 e. The molecule has 3 rings (SSSR count). The van der Waals surface area contributed by atoms with Crippen LogP contribution in [0.2, 0.25) is 10.0 Å². The molecule has 0 saturated carbocycles. The molecule has 3 aromatic rings. The molecule has 130 valence electrons. The Kier molecular flexibility index (Phi) is 5.91. The number of anilines is 2. The lowest BCUT2D eigenvalue weighted by Crippen LogP contribution is -1.96. The van der Waals surface area contributed by atoms with Crippen LogP contribution in [0.1, 0.15) is 9.67 Å². The van der Waals surface area contributed by atoms with Gasteiger partial charge in [0, 0.05) is 10.9 Å². The minimum atomic E-state index is -0.344. The van der Waals surface area contributed by atoms with Gasteiger partial charge in [0.1, 0.15) is 4.88 Å². The molecule has 2 heterocycles. The van der Waals surface area contributed by atoms with E-state index in [9.17, 15) is 4.79 Å². The molecular weight excluding hydrogens is 419 g/mol. The van der Waals surface area contributed by atoms with E-state index in [2.05, 4.69) is 10.3 Å². The molecule has 9 heteroatoms. The minimum Gasteiger partial charge on any atom is -0.465 e. The number of ether oxygens (including phenoxy) is 1. The van der Waals surface area contributed by atoms with Crippen molar-refractivity contribution in [2.24, 2.45) is 0 Å². The van der Waals surface area contributed by atoms with Gasteiger partial charge in [0.05, 0.1) is 32.7 Å². The number of methoxy groups -OCH3 is 1. The maximum absolute atomic E-state index is 11.8. The second kappa shape index (κ2) is 7.97. The van der Waals surface area contributed by atoms with Crippen molar-refractivity contribution < 1.29 is 9.53 Å². The van der Waals surface area contributed by atoms with Crippen LogP contribution >= 0.6 is 57.6 Å². The van der Waals surface area contributed by atoms with Crippen LogP contribution in [0.5, 0.6) is 0 Å². The van der Waals surface area contributed by atoms with Crippen LogP contribution in [0.25, 0.3) is 11.3 Å². The van der Waals surface area contributed by atoms with E-state index in [4.69, 9.17) is 27.9 Å². The number of nitrogens with one attached hydrogen (secondary N) is 1. The van der Waals surface area contributed by atoms with Crippen molar-refractivity contribution in [1.82, 2.24) is 4.98 Å². The van der Waals surface area contributed by atoms with Crippen molar-refractivity contribution in [3.63, 3.8) is 0 Å². The fourth-order valence-corrected chi connectivity index (χ4v) is 5.09. The predicted molar refractivity (Wildman–Crippen MR) is 108 cm³/mol. The number of para-hydroxylation sites is 1. The third kappa shape index (κ3) is 3.96. The lowest BCUT2D eigenvalue weighted by atomic mass is 10.2. The summed E-state index contributed by atoms with van der Waals surface area (Å²) in [5.41, 5.74) is 2.32. The molecule has 25 heavy (non-hydrogen) atoms. The van der Waals surface area contributed by atoms with Crippen molar-refractivity contribution in [2.45, 2.75) is 4.21 Å². The highest BCUT2D eigenvalue weighted by molar-refractivity contribution is 8.00. The zero-order chi connectivity index (χ0) is 18.0. The standard InChI is InChI=1S/C16H12Cl2N2O2S3/c1-22-14(21)12-6-8(15(23-2)25-12)11-7-24-16(19-11)20-13-9(17)4-3-5-10(13)18/h3-7H,1-2H3,(H,19,20). The number of benzene rings is 1. The summed E-state index contributed by atoms with van der Waals surface area (Å²) in [5.74, 6) is -0.344. The third-order valence-corrected chi connectivity index (χ3v) is 6.88. The van der Waals surface area contributed by atoms with Gasteiger partial charge >= 0.3 is 5.97 Å². The third-order valence-electron chi connectivity index (χ3n) is 3.24. The van der Waals surface area contributed by atoms with Crippen LogP contribution in [-0.4, -0.2) is 24.3 Å². The van der Waals surface area contributed by atoms with Crippen molar-refractivity contribution in [1.29, 1.82) is 0 Å². The quantitative estimate of drug-likeness (QED) is 0.373. The van der Waals surface area contributed by atoms with E-state index >= 15 is 0 Å². The zero-order valence-corrected chi connectivity index (χ0v) is 17.1. The molecule has 1 N–H and O–H groups in total. The number of carbonyl (C=O) groups excluding carboxylic acids is 1. The Bertz CT molecular complexity index is 904. The zero-order valence-electron chi connectivity index (χ0n) is 13.1. The minimum absolute atomic E-state index is 0.344. The van der Waals surface area contributed by atoms with Gasteiger partial charge in [0.25, 0.3) is 0 Å². The van der Waals surface area contributed by atoms with E-state index in [0.29, 0.717) is 25.7 Å². The molecule has 0 unspecified atom stereocenters. The Labute approximate surface area is 167 Å². The van der Waals surface area contributed by atoms with Crippen LogP contribution in [0.4, 0.5) is 10.8 Å². The summed E-state index contributed by atoms with van der Waals surface area (Å²) < 4.78 is 5.81. The van der Waals surface area contributed by atoms with Crippen molar-refractivity contribution in [2.75, 3.05) is 18.7 Å². The Morgan fingerprint density at radius 2 is 2.04 bits per heavy atom. The van der Waals surface area contributed by atoms with Crippen LogP contribution < -0.4 is 5.32 Å². The second-order valence-corrected chi connectivity index (χ2v) is 8.57. The number of hydrogen-bond acceptors (Lipinski definition) is 7. The largest absolute Gasteiger partial charge is 0.465 e. The normalized spacial score (nSPS) is 10.7. The Morgan fingerprint density at radius 3 is 2.68 bits per heavy atom. The van der Waals surface area contributed by atoms with E-state index in [1.165, 1.54) is 29.8 Å². The first-order valence-electron chi connectivity index (χ1n) is 6.96. The number of halogens is 2. The van der Waals surface area contributed by atoms with Gasteiger partial charge < -0.3 is 10.1 Å². The van der Waals surface area contributed by atoms with Crippen LogP contribution in [0.15, 0.2) is 33.9 Å². The number of thiazole rings is 1. The van der Waals surface area contributed by atoms with E-state index < -0.39 is 0 Å². The second-order valence-electron chi connectivity index (χ2n) is 4.77. The molecule has 0 saturated heterocycles. The topological polar surface area (TPSA) is 51.2 Å². The average Bonchev–Trinajstić information content (AvgIpc) is 3.24. The highest BCUT2D eigenvalue weighted by Gasteiger charge is 2.18. The lowest BCUT2D eigenvalue weighted by molar-refractivity contribution is 0.0606. The number of hydrogen-bond donors (Lipinski definition) is 1.